The topological polar surface area (TPSA) is 64.6 Å². The summed E-state index contributed by atoms with van der Waals surface area (Å²) < 4.78 is 10.0. The number of benzene rings is 2. The SMILES string of the molecule is C=C(C(=O)OC)C(NC(=O)OCc1ccccc1)c1ccc(C(C)C)cc1. The molecule has 0 radical (unpaired) electrons. The molecule has 1 unspecified atom stereocenters. The van der Waals surface area contributed by atoms with Crippen LogP contribution in [0.25, 0.3) is 0 Å². The van der Waals surface area contributed by atoms with Gasteiger partial charge in [-0.05, 0) is 22.6 Å². The van der Waals surface area contributed by atoms with Crippen molar-refractivity contribution >= 4 is 12.1 Å². The van der Waals surface area contributed by atoms with Crippen molar-refractivity contribution in [3.8, 4) is 0 Å². The second-order valence-electron chi connectivity index (χ2n) is 6.48. The lowest BCUT2D eigenvalue weighted by molar-refractivity contribution is -0.136. The van der Waals surface area contributed by atoms with E-state index in [1.807, 2.05) is 54.6 Å². The van der Waals surface area contributed by atoms with Crippen LogP contribution in [0.15, 0.2) is 66.7 Å². The van der Waals surface area contributed by atoms with Crippen molar-refractivity contribution in [3.05, 3.63) is 83.4 Å². The molecule has 1 amide bonds. The van der Waals surface area contributed by atoms with Crippen LogP contribution in [0, 0.1) is 0 Å². The fourth-order valence-electron chi connectivity index (χ4n) is 2.58. The lowest BCUT2D eigenvalue weighted by Gasteiger charge is -2.20. The van der Waals surface area contributed by atoms with Gasteiger partial charge in [0.2, 0.25) is 0 Å². The number of carbonyl (C=O) groups is 2. The summed E-state index contributed by atoms with van der Waals surface area (Å²) >= 11 is 0. The van der Waals surface area contributed by atoms with Crippen molar-refractivity contribution in [1.29, 1.82) is 0 Å². The number of methoxy groups -OCH3 is 1. The second kappa shape index (κ2) is 9.57. The molecule has 2 aromatic rings. The number of hydrogen-bond acceptors (Lipinski definition) is 4. The molecule has 0 aliphatic rings. The van der Waals surface area contributed by atoms with E-state index in [1.165, 1.54) is 7.11 Å². The Morgan fingerprint density at radius 2 is 1.59 bits per heavy atom. The first kappa shape index (κ1) is 20.2. The number of esters is 1. The van der Waals surface area contributed by atoms with E-state index in [9.17, 15) is 9.59 Å². The van der Waals surface area contributed by atoms with Gasteiger partial charge in [-0.25, -0.2) is 9.59 Å². The Morgan fingerprint density at radius 1 is 1.00 bits per heavy atom. The first-order valence-corrected chi connectivity index (χ1v) is 8.76. The normalized spacial score (nSPS) is 11.6. The van der Waals surface area contributed by atoms with Crippen molar-refractivity contribution < 1.29 is 19.1 Å². The van der Waals surface area contributed by atoms with E-state index in [2.05, 4.69) is 25.7 Å². The molecule has 0 spiro atoms. The molecule has 1 atom stereocenters. The second-order valence-corrected chi connectivity index (χ2v) is 6.48. The maximum Gasteiger partial charge on any atom is 0.408 e. The van der Waals surface area contributed by atoms with E-state index < -0.39 is 18.1 Å². The van der Waals surface area contributed by atoms with Gasteiger partial charge in [-0.1, -0.05) is 75.0 Å². The number of rotatable bonds is 7. The zero-order chi connectivity index (χ0) is 19.8. The van der Waals surface area contributed by atoms with E-state index >= 15 is 0 Å². The van der Waals surface area contributed by atoms with Crippen LogP contribution in [-0.4, -0.2) is 19.2 Å². The molecular formula is C22H25NO4. The average Bonchev–Trinajstić information content (AvgIpc) is 2.70. The molecule has 0 heterocycles. The Labute approximate surface area is 160 Å². The summed E-state index contributed by atoms with van der Waals surface area (Å²) in [5.74, 6) is -0.207. The first-order valence-electron chi connectivity index (χ1n) is 8.76. The summed E-state index contributed by atoms with van der Waals surface area (Å²) in [7, 11) is 1.28. The van der Waals surface area contributed by atoms with Crippen LogP contribution >= 0.6 is 0 Å². The van der Waals surface area contributed by atoms with Crippen molar-refractivity contribution in [3.63, 3.8) is 0 Å². The highest BCUT2D eigenvalue weighted by atomic mass is 16.5. The summed E-state index contributed by atoms with van der Waals surface area (Å²) in [6.07, 6.45) is -0.637. The maximum absolute atomic E-state index is 12.3. The van der Waals surface area contributed by atoms with Gasteiger partial charge >= 0.3 is 12.1 Å². The minimum absolute atomic E-state index is 0.131. The molecular weight excluding hydrogens is 342 g/mol. The Bertz CT molecular complexity index is 782. The average molecular weight is 367 g/mol. The van der Waals surface area contributed by atoms with Crippen molar-refractivity contribution in [1.82, 2.24) is 5.32 Å². The maximum atomic E-state index is 12.3. The van der Waals surface area contributed by atoms with Crippen LogP contribution in [0.4, 0.5) is 4.79 Å². The zero-order valence-electron chi connectivity index (χ0n) is 15.9. The number of alkyl carbamates (subject to hydrolysis) is 1. The van der Waals surface area contributed by atoms with Crippen LogP contribution < -0.4 is 5.32 Å². The third kappa shape index (κ3) is 5.71. The predicted octanol–water partition coefficient (Wildman–Crippen LogP) is 4.51. The molecule has 0 saturated carbocycles. The Balaban J connectivity index is 2.13. The van der Waals surface area contributed by atoms with Gasteiger partial charge in [-0.15, -0.1) is 0 Å². The van der Waals surface area contributed by atoms with Gasteiger partial charge < -0.3 is 14.8 Å². The molecule has 0 fully saturated rings. The third-order valence-corrected chi connectivity index (χ3v) is 4.21. The minimum Gasteiger partial charge on any atom is -0.466 e. The molecule has 1 N–H and O–H groups in total. The van der Waals surface area contributed by atoms with E-state index in [4.69, 9.17) is 9.47 Å². The van der Waals surface area contributed by atoms with Gasteiger partial charge in [0.1, 0.15) is 6.61 Å². The van der Waals surface area contributed by atoms with E-state index in [0.717, 1.165) is 16.7 Å². The van der Waals surface area contributed by atoms with Crippen LogP contribution in [0.2, 0.25) is 0 Å². The number of ether oxygens (including phenoxy) is 2. The lowest BCUT2D eigenvalue weighted by Crippen LogP contribution is -2.32. The Kier molecular flexibility index (Phi) is 7.17. The summed E-state index contributed by atoms with van der Waals surface area (Å²) in [4.78, 5) is 24.2. The number of hydrogen-bond donors (Lipinski definition) is 1. The summed E-state index contributed by atoms with van der Waals surface area (Å²) in [6.45, 7) is 8.11. The van der Waals surface area contributed by atoms with Crippen molar-refractivity contribution in [2.24, 2.45) is 0 Å². The molecule has 2 rings (SSSR count). The lowest BCUT2D eigenvalue weighted by atomic mass is 9.96. The highest BCUT2D eigenvalue weighted by molar-refractivity contribution is 5.90. The van der Waals surface area contributed by atoms with E-state index in [1.54, 1.807) is 0 Å². The Morgan fingerprint density at radius 3 is 2.15 bits per heavy atom. The molecule has 0 saturated heterocycles. The molecule has 0 aliphatic heterocycles. The van der Waals surface area contributed by atoms with E-state index in [0.29, 0.717) is 5.92 Å². The molecule has 0 aliphatic carbocycles. The third-order valence-electron chi connectivity index (χ3n) is 4.21. The monoisotopic (exact) mass is 367 g/mol. The van der Waals surface area contributed by atoms with Gasteiger partial charge in [0.25, 0.3) is 0 Å². The quantitative estimate of drug-likeness (QED) is 0.578. The standard InChI is InChI=1S/C22H25NO4/c1-15(2)18-10-12-19(13-11-18)20(16(3)21(24)26-4)23-22(25)27-14-17-8-6-5-7-9-17/h5-13,15,20H,3,14H2,1-2,4H3,(H,23,25). The molecule has 5 nitrogen and oxygen atoms in total. The number of nitrogens with one attached hydrogen (secondary N) is 1. The molecule has 0 aromatic heterocycles. The Hall–Kier alpha value is -3.08. The smallest absolute Gasteiger partial charge is 0.408 e. The van der Waals surface area contributed by atoms with Gasteiger partial charge in [-0.3, -0.25) is 0 Å². The highest BCUT2D eigenvalue weighted by Crippen LogP contribution is 2.24. The minimum atomic E-state index is -0.734. The molecule has 27 heavy (non-hydrogen) atoms. The van der Waals surface area contributed by atoms with Crippen LogP contribution in [0.5, 0.6) is 0 Å². The molecule has 0 bridgehead atoms. The number of amides is 1. The van der Waals surface area contributed by atoms with Crippen LogP contribution in [0.3, 0.4) is 0 Å². The van der Waals surface area contributed by atoms with Gasteiger partial charge in [0.05, 0.1) is 18.7 Å². The zero-order valence-corrected chi connectivity index (χ0v) is 15.9. The highest BCUT2D eigenvalue weighted by Gasteiger charge is 2.24. The van der Waals surface area contributed by atoms with E-state index in [-0.39, 0.29) is 12.2 Å². The van der Waals surface area contributed by atoms with Crippen molar-refractivity contribution in [2.45, 2.75) is 32.4 Å². The summed E-state index contributed by atoms with van der Waals surface area (Å²) in [5, 5.41) is 2.71. The van der Waals surface area contributed by atoms with Crippen LogP contribution in [0.1, 0.15) is 42.5 Å². The molecule has 2 aromatic carbocycles. The van der Waals surface area contributed by atoms with Crippen molar-refractivity contribution in [2.75, 3.05) is 7.11 Å². The fraction of sp³-hybridized carbons (Fsp3) is 0.273. The number of carbonyl (C=O) groups excluding carboxylic acids is 2. The van der Waals surface area contributed by atoms with Gasteiger partial charge in [-0.2, -0.15) is 0 Å². The van der Waals surface area contributed by atoms with Crippen LogP contribution in [-0.2, 0) is 20.9 Å². The largest absolute Gasteiger partial charge is 0.466 e. The predicted molar refractivity (Wildman–Crippen MR) is 104 cm³/mol. The first-order chi connectivity index (χ1) is 12.9. The van der Waals surface area contributed by atoms with Gasteiger partial charge in [0, 0.05) is 0 Å². The fourth-order valence-corrected chi connectivity index (χ4v) is 2.58. The summed E-state index contributed by atoms with van der Waals surface area (Å²) in [5.41, 5.74) is 2.89. The molecule has 142 valence electrons. The van der Waals surface area contributed by atoms with Gasteiger partial charge in [0.15, 0.2) is 0 Å². The molecule has 5 heteroatoms. The summed E-state index contributed by atoms with van der Waals surface area (Å²) in [6, 6.07) is 16.3.